The average molecular weight is 300 g/mol. The number of benzene rings is 2. The second-order valence-electron chi connectivity index (χ2n) is 3.95. The standard InChI is InChI=1S/C12H10F2N2O3S/c13-7-1-3-9(14)11(5-7)16-20(18,19)8-2-4-12(17)10(15)6-8/h1-6,16-17H,15H2. The Morgan fingerprint density at radius 3 is 2.45 bits per heavy atom. The van der Waals surface area contributed by atoms with Crippen LogP contribution in [0.25, 0.3) is 0 Å². The van der Waals surface area contributed by atoms with Crippen LogP contribution in [0.1, 0.15) is 0 Å². The molecule has 4 N–H and O–H groups in total. The van der Waals surface area contributed by atoms with E-state index in [9.17, 15) is 22.3 Å². The van der Waals surface area contributed by atoms with Gasteiger partial charge in [-0.2, -0.15) is 0 Å². The quantitative estimate of drug-likeness (QED) is 0.597. The first-order chi connectivity index (χ1) is 9.29. The van der Waals surface area contributed by atoms with Gasteiger partial charge in [0.2, 0.25) is 0 Å². The molecule has 0 atom stereocenters. The first kappa shape index (κ1) is 14.1. The zero-order valence-electron chi connectivity index (χ0n) is 9.97. The van der Waals surface area contributed by atoms with Crippen molar-refractivity contribution >= 4 is 21.4 Å². The van der Waals surface area contributed by atoms with E-state index in [4.69, 9.17) is 5.73 Å². The van der Waals surface area contributed by atoms with E-state index in [0.29, 0.717) is 0 Å². The number of nitrogen functional groups attached to an aromatic ring is 1. The smallest absolute Gasteiger partial charge is 0.262 e. The van der Waals surface area contributed by atoms with E-state index in [1.807, 2.05) is 4.72 Å². The molecule has 2 rings (SSSR count). The summed E-state index contributed by atoms with van der Waals surface area (Å²) in [5.74, 6) is -1.98. The fourth-order valence-corrected chi connectivity index (χ4v) is 2.57. The summed E-state index contributed by atoms with van der Waals surface area (Å²) in [6.45, 7) is 0. The summed E-state index contributed by atoms with van der Waals surface area (Å²) in [5.41, 5.74) is 4.73. The van der Waals surface area contributed by atoms with Crippen LogP contribution >= 0.6 is 0 Å². The van der Waals surface area contributed by atoms with Gasteiger partial charge in [0.25, 0.3) is 10.0 Å². The molecule has 106 valence electrons. The Balaban J connectivity index is 2.40. The van der Waals surface area contributed by atoms with Crippen molar-refractivity contribution < 1.29 is 22.3 Å². The van der Waals surface area contributed by atoms with E-state index in [1.165, 1.54) is 0 Å². The number of rotatable bonds is 3. The Morgan fingerprint density at radius 2 is 1.80 bits per heavy atom. The molecular weight excluding hydrogens is 290 g/mol. The van der Waals surface area contributed by atoms with E-state index >= 15 is 0 Å². The van der Waals surface area contributed by atoms with Crippen LogP contribution in [0.3, 0.4) is 0 Å². The lowest BCUT2D eigenvalue weighted by molar-refractivity contribution is 0.477. The third kappa shape index (κ3) is 2.80. The lowest BCUT2D eigenvalue weighted by Gasteiger charge is -2.10. The van der Waals surface area contributed by atoms with Crippen LogP contribution in [0.5, 0.6) is 5.75 Å². The van der Waals surface area contributed by atoms with Crippen molar-refractivity contribution in [3.8, 4) is 5.75 Å². The molecule has 2 aromatic carbocycles. The molecule has 0 aliphatic heterocycles. The number of phenols is 1. The number of aromatic hydroxyl groups is 1. The molecule has 0 spiro atoms. The maximum atomic E-state index is 13.4. The third-order valence-corrected chi connectivity index (χ3v) is 3.85. The van der Waals surface area contributed by atoms with Crippen molar-refractivity contribution in [2.45, 2.75) is 4.90 Å². The normalized spacial score (nSPS) is 11.3. The molecule has 2 aromatic rings. The number of nitrogens with two attached hydrogens (primary N) is 1. The van der Waals surface area contributed by atoms with Gasteiger partial charge < -0.3 is 10.8 Å². The molecule has 0 bridgehead atoms. The van der Waals surface area contributed by atoms with E-state index in [-0.39, 0.29) is 16.3 Å². The minimum absolute atomic E-state index is 0.146. The number of halogens is 2. The SMILES string of the molecule is Nc1cc(S(=O)(=O)Nc2cc(F)ccc2F)ccc1O. The fourth-order valence-electron chi connectivity index (χ4n) is 1.48. The Morgan fingerprint density at radius 1 is 1.10 bits per heavy atom. The van der Waals surface area contributed by atoms with Crippen LogP contribution in [-0.4, -0.2) is 13.5 Å². The number of hydrogen-bond acceptors (Lipinski definition) is 4. The Labute approximate surface area is 113 Å². The topological polar surface area (TPSA) is 92.4 Å². The first-order valence-electron chi connectivity index (χ1n) is 5.36. The summed E-state index contributed by atoms with van der Waals surface area (Å²) in [6.07, 6.45) is 0. The Kier molecular flexibility index (Phi) is 3.49. The number of nitrogens with one attached hydrogen (secondary N) is 1. The molecule has 0 fully saturated rings. The van der Waals surface area contributed by atoms with Crippen LogP contribution in [0, 0.1) is 11.6 Å². The highest BCUT2D eigenvalue weighted by Gasteiger charge is 2.17. The summed E-state index contributed by atoms with van der Waals surface area (Å²) in [4.78, 5) is -0.281. The maximum absolute atomic E-state index is 13.4. The van der Waals surface area contributed by atoms with Crippen molar-refractivity contribution in [3.05, 3.63) is 48.0 Å². The molecule has 0 unspecified atom stereocenters. The molecule has 0 radical (unpaired) electrons. The minimum Gasteiger partial charge on any atom is -0.506 e. The lowest BCUT2D eigenvalue weighted by atomic mass is 10.3. The molecule has 5 nitrogen and oxygen atoms in total. The zero-order chi connectivity index (χ0) is 14.9. The van der Waals surface area contributed by atoms with Crippen molar-refractivity contribution in [2.24, 2.45) is 0 Å². The van der Waals surface area contributed by atoms with Crippen LogP contribution < -0.4 is 10.5 Å². The predicted molar refractivity (Wildman–Crippen MR) is 69.7 cm³/mol. The number of hydrogen-bond donors (Lipinski definition) is 3. The maximum Gasteiger partial charge on any atom is 0.262 e. The summed E-state index contributed by atoms with van der Waals surface area (Å²) >= 11 is 0. The van der Waals surface area contributed by atoms with Crippen molar-refractivity contribution in [1.29, 1.82) is 0 Å². The van der Waals surface area contributed by atoms with Gasteiger partial charge in [-0.1, -0.05) is 0 Å². The van der Waals surface area contributed by atoms with Gasteiger partial charge in [-0.25, -0.2) is 17.2 Å². The van der Waals surface area contributed by atoms with Gasteiger partial charge in [-0.05, 0) is 30.3 Å². The molecule has 0 amide bonds. The number of sulfonamides is 1. The molecule has 8 heteroatoms. The molecular formula is C12H10F2N2O3S. The van der Waals surface area contributed by atoms with Gasteiger partial charge in [-0.15, -0.1) is 0 Å². The van der Waals surface area contributed by atoms with E-state index < -0.39 is 27.3 Å². The second kappa shape index (κ2) is 4.97. The second-order valence-corrected chi connectivity index (χ2v) is 5.63. The highest BCUT2D eigenvalue weighted by atomic mass is 32.2. The van der Waals surface area contributed by atoms with Crippen LogP contribution in [0.4, 0.5) is 20.2 Å². The third-order valence-electron chi connectivity index (χ3n) is 2.48. The minimum atomic E-state index is -4.14. The van der Waals surface area contributed by atoms with Crippen LogP contribution in [-0.2, 0) is 10.0 Å². The molecule has 0 saturated heterocycles. The Bertz CT molecular complexity index is 763. The van der Waals surface area contributed by atoms with Gasteiger partial charge in [0, 0.05) is 6.07 Å². The summed E-state index contributed by atoms with van der Waals surface area (Å²) in [5, 5.41) is 9.23. The molecule has 0 heterocycles. The molecule has 20 heavy (non-hydrogen) atoms. The van der Waals surface area contributed by atoms with Gasteiger partial charge in [0.15, 0.2) is 0 Å². The molecule has 0 saturated carbocycles. The van der Waals surface area contributed by atoms with E-state index in [1.54, 1.807) is 0 Å². The predicted octanol–water partition coefficient (Wildman–Crippen LogP) is 2.05. The molecule has 0 aliphatic carbocycles. The van der Waals surface area contributed by atoms with Crippen molar-refractivity contribution in [3.63, 3.8) is 0 Å². The van der Waals surface area contributed by atoms with Gasteiger partial charge in [0.05, 0.1) is 16.3 Å². The number of phenolic OH excluding ortho intramolecular Hbond substituents is 1. The summed E-state index contributed by atoms with van der Waals surface area (Å²) in [6, 6.07) is 5.58. The fraction of sp³-hybridized carbons (Fsp3) is 0. The molecule has 0 aromatic heterocycles. The van der Waals surface area contributed by atoms with Crippen LogP contribution in [0.15, 0.2) is 41.3 Å². The average Bonchev–Trinajstić information content (AvgIpc) is 2.36. The molecule has 0 aliphatic rings. The number of anilines is 2. The van der Waals surface area contributed by atoms with E-state index in [0.717, 1.165) is 36.4 Å². The monoisotopic (exact) mass is 300 g/mol. The van der Waals surface area contributed by atoms with Crippen LogP contribution in [0.2, 0.25) is 0 Å². The largest absolute Gasteiger partial charge is 0.506 e. The van der Waals surface area contributed by atoms with E-state index in [2.05, 4.69) is 0 Å². The highest BCUT2D eigenvalue weighted by molar-refractivity contribution is 7.92. The highest BCUT2D eigenvalue weighted by Crippen LogP contribution is 2.25. The van der Waals surface area contributed by atoms with Gasteiger partial charge in [-0.3, -0.25) is 4.72 Å². The first-order valence-corrected chi connectivity index (χ1v) is 6.84. The van der Waals surface area contributed by atoms with Crippen molar-refractivity contribution in [1.82, 2.24) is 0 Å². The van der Waals surface area contributed by atoms with Gasteiger partial charge in [0.1, 0.15) is 17.4 Å². The Hall–Kier alpha value is -2.35. The zero-order valence-corrected chi connectivity index (χ0v) is 10.8. The lowest BCUT2D eigenvalue weighted by Crippen LogP contribution is -2.14. The van der Waals surface area contributed by atoms with Gasteiger partial charge >= 0.3 is 0 Å². The summed E-state index contributed by atoms with van der Waals surface area (Å²) in [7, 11) is -4.14. The summed E-state index contributed by atoms with van der Waals surface area (Å²) < 4.78 is 52.3. The van der Waals surface area contributed by atoms with Crippen molar-refractivity contribution in [2.75, 3.05) is 10.5 Å².